The van der Waals surface area contributed by atoms with Crippen LogP contribution in [0.15, 0.2) is 42.6 Å². The molecule has 1 amide bonds. The average Bonchev–Trinajstić information content (AvgIpc) is 3.80. The Morgan fingerprint density at radius 3 is 2.50 bits per heavy atom. The predicted octanol–water partition coefficient (Wildman–Crippen LogP) is 5.50. The van der Waals surface area contributed by atoms with Crippen LogP contribution in [0.5, 0.6) is 5.88 Å². The van der Waals surface area contributed by atoms with Crippen LogP contribution >= 0.6 is 23.2 Å². The van der Waals surface area contributed by atoms with Gasteiger partial charge in [-0.05, 0) is 76.0 Å². The minimum Gasteiger partial charge on any atom is -0.455 e. The van der Waals surface area contributed by atoms with Crippen molar-refractivity contribution >= 4 is 52.1 Å². The van der Waals surface area contributed by atoms with E-state index < -0.39 is 6.10 Å². The van der Waals surface area contributed by atoms with Crippen molar-refractivity contribution in [1.29, 1.82) is 0 Å². The van der Waals surface area contributed by atoms with Crippen LogP contribution in [0.4, 0.5) is 23.0 Å². The van der Waals surface area contributed by atoms with Crippen molar-refractivity contribution in [3.63, 3.8) is 0 Å². The molecule has 210 valence electrons. The number of carbonyl (C=O) groups is 1. The molecule has 9 nitrogen and oxygen atoms in total. The molecule has 3 heterocycles. The molecule has 1 saturated carbocycles. The number of ether oxygens (including phenoxy) is 1. The Morgan fingerprint density at radius 2 is 1.82 bits per heavy atom. The lowest BCUT2D eigenvalue weighted by Gasteiger charge is -2.38. The summed E-state index contributed by atoms with van der Waals surface area (Å²) in [6.07, 6.45) is 5.18. The second-order valence-corrected chi connectivity index (χ2v) is 11.7. The van der Waals surface area contributed by atoms with Crippen LogP contribution in [0.2, 0.25) is 10.0 Å². The molecule has 0 spiro atoms. The lowest BCUT2D eigenvalue weighted by atomic mass is 9.98. The standard InChI is InChI=1S/C29H32Cl2N6O3/c1-35(2)19-10-12-36(13-11-19)24-9-8-18(14-20(24)26(38)17-6-7-17)33-29-32-15-21-27(34-29)40-16-37(28(21)39)25-22(30)4-3-5-23(25)31/h3-5,8-9,14-15,17,19,26,38H,6-7,10-13,16H2,1-2H3,(H,32,33,34). The van der Waals surface area contributed by atoms with Crippen LogP contribution in [0.25, 0.3) is 0 Å². The van der Waals surface area contributed by atoms with Crippen LogP contribution in [-0.4, -0.2) is 65.8 Å². The average molecular weight is 584 g/mol. The van der Waals surface area contributed by atoms with Gasteiger partial charge in [0.05, 0.1) is 21.8 Å². The Kier molecular flexibility index (Phi) is 7.48. The second kappa shape index (κ2) is 11.0. The van der Waals surface area contributed by atoms with E-state index in [1.807, 2.05) is 12.1 Å². The molecule has 2 N–H and O–H groups in total. The summed E-state index contributed by atoms with van der Waals surface area (Å²) in [7, 11) is 4.27. The fourth-order valence-electron chi connectivity index (χ4n) is 5.50. The summed E-state index contributed by atoms with van der Waals surface area (Å²) in [6, 6.07) is 11.7. The van der Waals surface area contributed by atoms with Gasteiger partial charge >= 0.3 is 0 Å². The number of para-hydroxylation sites is 1. The van der Waals surface area contributed by atoms with E-state index in [2.05, 4.69) is 45.2 Å². The number of anilines is 4. The molecular formula is C29H32Cl2N6O3. The molecule has 11 heteroatoms. The summed E-state index contributed by atoms with van der Waals surface area (Å²) in [6.45, 7) is 1.83. The Labute approximate surface area is 243 Å². The van der Waals surface area contributed by atoms with Crippen LogP contribution in [0.3, 0.4) is 0 Å². The van der Waals surface area contributed by atoms with Gasteiger partial charge in [-0.2, -0.15) is 4.98 Å². The van der Waals surface area contributed by atoms with Crippen molar-refractivity contribution in [1.82, 2.24) is 14.9 Å². The van der Waals surface area contributed by atoms with E-state index in [0.717, 1.165) is 55.7 Å². The van der Waals surface area contributed by atoms with Gasteiger partial charge < -0.3 is 25.0 Å². The SMILES string of the molecule is CN(C)C1CCN(c2ccc(Nc3ncc4c(n3)OCN(c3c(Cl)cccc3Cl)C4=O)cc2C(O)C2CC2)CC1. The van der Waals surface area contributed by atoms with E-state index in [-0.39, 0.29) is 24.1 Å². The third-order valence-corrected chi connectivity index (χ3v) is 8.58. The molecule has 0 radical (unpaired) electrons. The summed E-state index contributed by atoms with van der Waals surface area (Å²) in [5.74, 6) is 0.421. The minimum absolute atomic E-state index is 0.0807. The van der Waals surface area contributed by atoms with Gasteiger partial charge in [0.2, 0.25) is 11.8 Å². The topological polar surface area (TPSA) is 94.1 Å². The number of halogens is 2. The smallest absolute Gasteiger partial charge is 0.268 e. The lowest BCUT2D eigenvalue weighted by molar-refractivity contribution is 0.0932. The van der Waals surface area contributed by atoms with Gasteiger partial charge in [0, 0.05) is 42.3 Å². The van der Waals surface area contributed by atoms with Crippen molar-refractivity contribution < 1.29 is 14.6 Å². The first-order chi connectivity index (χ1) is 19.3. The minimum atomic E-state index is -0.517. The monoisotopic (exact) mass is 582 g/mol. The van der Waals surface area contributed by atoms with Crippen LogP contribution in [0.1, 0.15) is 47.7 Å². The number of nitrogens with one attached hydrogen (secondary N) is 1. The molecule has 1 unspecified atom stereocenters. The fourth-order valence-corrected chi connectivity index (χ4v) is 6.10. The Morgan fingerprint density at radius 1 is 1.10 bits per heavy atom. The van der Waals surface area contributed by atoms with Crippen molar-refractivity contribution in [3.8, 4) is 5.88 Å². The fraction of sp³-hybridized carbons (Fsp3) is 0.414. The molecule has 40 heavy (non-hydrogen) atoms. The van der Waals surface area contributed by atoms with Crippen molar-refractivity contribution in [2.75, 3.05) is 49.0 Å². The first-order valence-electron chi connectivity index (χ1n) is 13.6. The number of fused-ring (bicyclic) bond motifs is 1. The third kappa shape index (κ3) is 5.31. The number of rotatable bonds is 7. The molecule has 3 aliphatic rings. The summed E-state index contributed by atoms with van der Waals surface area (Å²) < 4.78 is 5.82. The summed E-state index contributed by atoms with van der Waals surface area (Å²) in [4.78, 5) is 28.1. The molecule has 2 fully saturated rings. The Bertz CT molecular complexity index is 1400. The zero-order chi connectivity index (χ0) is 28.0. The van der Waals surface area contributed by atoms with Gasteiger partial charge in [0.25, 0.3) is 5.91 Å². The second-order valence-electron chi connectivity index (χ2n) is 10.9. The highest BCUT2D eigenvalue weighted by Gasteiger charge is 2.34. The molecule has 1 saturated heterocycles. The summed E-state index contributed by atoms with van der Waals surface area (Å²) >= 11 is 12.6. The number of aliphatic hydroxyl groups is 1. The molecule has 0 bridgehead atoms. The van der Waals surface area contributed by atoms with Crippen molar-refractivity contribution in [2.45, 2.75) is 37.8 Å². The molecule has 2 aromatic carbocycles. The number of nitrogens with zero attached hydrogens (tertiary/aromatic N) is 5. The highest BCUT2D eigenvalue weighted by atomic mass is 35.5. The number of amides is 1. The number of piperidine rings is 1. The summed E-state index contributed by atoms with van der Waals surface area (Å²) in [5, 5.41) is 15.1. The van der Waals surface area contributed by atoms with E-state index in [0.29, 0.717) is 33.6 Å². The number of benzene rings is 2. The van der Waals surface area contributed by atoms with E-state index in [1.165, 1.54) is 11.1 Å². The number of hydrogen-bond acceptors (Lipinski definition) is 8. The molecule has 1 aliphatic carbocycles. The highest BCUT2D eigenvalue weighted by Crippen LogP contribution is 2.45. The lowest BCUT2D eigenvalue weighted by Crippen LogP contribution is -2.42. The molecule has 1 aromatic heterocycles. The van der Waals surface area contributed by atoms with Gasteiger partial charge in [-0.15, -0.1) is 0 Å². The zero-order valence-electron chi connectivity index (χ0n) is 22.5. The maximum Gasteiger partial charge on any atom is 0.268 e. The van der Waals surface area contributed by atoms with Crippen molar-refractivity contribution in [2.24, 2.45) is 5.92 Å². The Balaban J connectivity index is 1.22. The molecule has 3 aromatic rings. The quantitative estimate of drug-likeness (QED) is 0.377. The molecular weight excluding hydrogens is 551 g/mol. The van der Waals surface area contributed by atoms with Crippen LogP contribution < -0.4 is 19.9 Å². The molecule has 1 atom stereocenters. The number of carbonyl (C=O) groups excluding carboxylic acids is 1. The first kappa shape index (κ1) is 27.1. The zero-order valence-corrected chi connectivity index (χ0v) is 24.0. The first-order valence-corrected chi connectivity index (χ1v) is 14.3. The number of aliphatic hydroxyl groups excluding tert-OH is 1. The maximum atomic E-state index is 13.2. The normalized spacial score (nSPS) is 18.5. The van der Waals surface area contributed by atoms with Crippen LogP contribution in [-0.2, 0) is 0 Å². The largest absolute Gasteiger partial charge is 0.455 e. The summed E-state index contributed by atoms with van der Waals surface area (Å²) in [5.41, 5.74) is 3.37. The molecule has 2 aliphatic heterocycles. The number of hydrogen-bond donors (Lipinski definition) is 2. The predicted molar refractivity (Wildman–Crippen MR) is 157 cm³/mol. The third-order valence-electron chi connectivity index (χ3n) is 7.97. The van der Waals surface area contributed by atoms with Gasteiger partial charge in [-0.3, -0.25) is 9.69 Å². The van der Waals surface area contributed by atoms with Crippen molar-refractivity contribution in [3.05, 3.63) is 63.8 Å². The van der Waals surface area contributed by atoms with Crippen LogP contribution in [0, 0.1) is 5.92 Å². The van der Waals surface area contributed by atoms with E-state index in [4.69, 9.17) is 27.9 Å². The number of aromatic nitrogens is 2. The van der Waals surface area contributed by atoms with E-state index >= 15 is 0 Å². The highest BCUT2D eigenvalue weighted by molar-refractivity contribution is 6.40. The Hall–Kier alpha value is -3.11. The van der Waals surface area contributed by atoms with Gasteiger partial charge in [-0.1, -0.05) is 29.3 Å². The van der Waals surface area contributed by atoms with Gasteiger partial charge in [-0.25, -0.2) is 4.98 Å². The molecule has 6 rings (SSSR count). The van der Waals surface area contributed by atoms with Gasteiger partial charge in [0.1, 0.15) is 5.56 Å². The maximum absolute atomic E-state index is 13.2. The van der Waals surface area contributed by atoms with Gasteiger partial charge in [0.15, 0.2) is 6.73 Å². The van der Waals surface area contributed by atoms with E-state index in [9.17, 15) is 9.90 Å². The van der Waals surface area contributed by atoms with E-state index in [1.54, 1.807) is 18.2 Å².